The molecular formula is C73H128O6. The second kappa shape index (κ2) is 67.1. The molecule has 0 aliphatic rings. The van der Waals surface area contributed by atoms with Gasteiger partial charge >= 0.3 is 17.9 Å². The highest BCUT2D eigenvalue weighted by molar-refractivity contribution is 5.71. The molecule has 0 heterocycles. The number of rotatable bonds is 62. The summed E-state index contributed by atoms with van der Waals surface area (Å²) >= 11 is 0. The predicted octanol–water partition coefficient (Wildman–Crippen LogP) is 23.4. The summed E-state index contributed by atoms with van der Waals surface area (Å²) in [5.41, 5.74) is 0. The van der Waals surface area contributed by atoms with Crippen molar-refractivity contribution in [2.24, 2.45) is 0 Å². The van der Waals surface area contributed by atoms with Crippen LogP contribution < -0.4 is 0 Å². The van der Waals surface area contributed by atoms with E-state index in [0.717, 1.165) is 96.3 Å². The topological polar surface area (TPSA) is 78.9 Å². The average Bonchev–Trinajstić information content (AvgIpc) is 3.45. The van der Waals surface area contributed by atoms with Crippen molar-refractivity contribution in [2.75, 3.05) is 13.2 Å². The Balaban J connectivity index is 4.36. The van der Waals surface area contributed by atoms with Crippen molar-refractivity contribution in [3.05, 3.63) is 85.1 Å². The molecule has 0 fully saturated rings. The normalized spacial score (nSPS) is 12.6. The zero-order chi connectivity index (χ0) is 57.1. The van der Waals surface area contributed by atoms with Crippen LogP contribution in [-0.4, -0.2) is 37.2 Å². The van der Waals surface area contributed by atoms with Gasteiger partial charge in [0.25, 0.3) is 0 Å². The van der Waals surface area contributed by atoms with Crippen LogP contribution in [0.25, 0.3) is 0 Å². The number of ether oxygens (including phenoxy) is 3. The molecule has 0 saturated heterocycles. The van der Waals surface area contributed by atoms with E-state index in [1.165, 1.54) is 205 Å². The summed E-state index contributed by atoms with van der Waals surface area (Å²) in [5, 5.41) is 0. The molecule has 79 heavy (non-hydrogen) atoms. The third-order valence-electron chi connectivity index (χ3n) is 14.9. The Morgan fingerprint density at radius 2 is 0.494 bits per heavy atom. The second-order valence-corrected chi connectivity index (χ2v) is 22.7. The molecule has 6 nitrogen and oxygen atoms in total. The lowest BCUT2D eigenvalue weighted by atomic mass is 10.1. The highest BCUT2D eigenvalue weighted by atomic mass is 16.6. The fraction of sp³-hybridized carbons (Fsp3) is 0.767. The van der Waals surface area contributed by atoms with E-state index in [4.69, 9.17) is 14.2 Å². The van der Waals surface area contributed by atoms with Crippen LogP contribution in [0.3, 0.4) is 0 Å². The van der Waals surface area contributed by atoms with E-state index >= 15 is 0 Å². The van der Waals surface area contributed by atoms with Crippen LogP contribution in [0.5, 0.6) is 0 Å². The van der Waals surface area contributed by atoms with Crippen LogP contribution in [0.15, 0.2) is 85.1 Å². The first-order valence-electron chi connectivity index (χ1n) is 34.1. The van der Waals surface area contributed by atoms with Crippen LogP contribution in [0.2, 0.25) is 0 Å². The Morgan fingerprint density at radius 1 is 0.266 bits per heavy atom. The Bertz CT molecular complexity index is 1500. The molecule has 0 bridgehead atoms. The number of carbonyl (C=O) groups excluding carboxylic acids is 3. The van der Waals surface area contributed by atoms with E-state index in [1.807, 2.05) is 0 Å². The van der Waals surface area contributed by atoms with Crippen molar-refractivity contribution in [3.63, 3.8) is 0 Å². The van der Waals surface area contributed by atoms with Gasteiger partial charge in [-0.2, -0.15) is 0 Å². The van der Waals surface area contributed by atoms with Gasteiger partial charge in [0, 0.05) is 19.3 Å². The first-order valence-corrected chi connectivity index (χ1v) is 34.1. The lowest BCUT2D eigenvalue weighted by Gasteiger charge is -2.18. The largest absolute Gasteiger partial charge is 0.462 e. The van der Waals surface area contributed by atoms with Crippen molar-refractivity contribution in [3.8, 4) is 0 Å². The highest BCUT2D eigenvalue weighted by Gasteiger charge is 2.19. The zero-order valence-corrected chi connectivity index (χ0v) is 52.4. The molecule has 0 aliphatic heterocycles. The maximum atomic E-state index is 12.9. The second-order valence-electron chi connectivity index (χ2n) is 22.7. The summed E-state index contributed by atoms with van der Waals surface area (Å²) < 4.78 is 17.0. The van der Waals surface area contributed by atoms with E-state index in [-0.39, 0.29) is 31.1 Å². The monoisotopic (exact) mass is 1100 g/mol. The molecule has 0 aromatic rings. The van der Waals surface area contributed by atoms with Crippen LogP contribution >= 0.6 is 0 Å². The molecule has 0 radical (unpaired) electrons. The Labute approximate surface area is 490 Å². The summed E-state index contributed by atoms with van der Waals surface area (Å²) in [6, 6.07) is 0. The van der Waals surface area contributed by atoms with Gasteiger partial charge in [0.15, 0.2) is 6.10 Å². The Kier molecular flexibility index (Phi) is 64.2. The average molecular weight is 1100 g/mol. The Morgan fingerprint density at radius 3 is 0.785 bits per heavy atom. The third kappa shape index (κ3) is 65.3. The summed E-state index contributed by atoms with van der Waals surface area (Å²) in [6.45, 7) is 6.55. The van der Waals surface area contributed by atoms with Crippen molar-refractivity contribution < 1.29 is 28.6 Å². The van der Waals surface area contributed by atoms with Gasteiger partial charge in [-0.3, -0.25) is 14.4 Å². The van der Waals surface area contributed by atoms with E-state index in [9.17, 15) is 14.4 Å². The van der Waals surface area contributed by atoms with Gasteiger partial charge in [-0.1, -0.05) is 292 Å². The minimum atomic E-state index is -0.784. The fourth-order valence-electron chi connectivity index (χ4n) is 9.76. The van der Waals surface area contributed by atoms with Crippen LogP contribution in [0.1, 0.15) is 342 Å². The van der Waals surface area contributed by atoms with Gasteiger partial charge in [0.05, 0.1) is 0 Å². The number of carbonyl (C=O) groups is 3. The summed E-state index contributed by atoms with van der Waals surface area (Å²) in [5.74, 6) is -0.875. The third-order valence-corrected chi connectivity index (χ3v) is 14.9. The van der Waals surface area contributed by atoms with Crippen LogP contribution in [-0.2, 0) is 28.6 Å². The fourth-order valence-corrected chi connectivity index (χ4v) is 9.76. The molecule has 0 aliphatic carbocycles. The maximum Gasteiger partial charge on any atom is 0.306 e. The molecule has 0 aromatic carbocycles. The molecule has 1 unspecified atom stereocenters. The summed E-state index contributed by atoms with van der Waals surface area (Å²) in [6.07, 6.45) is 88.7. The molecule has 0 aromatic heterocycles. The van der Waals surface area contributed by atoms with Gasteiger partial charge in [-0.05, 0) is 116 Å². The molecule has 0 spiro atoms. The van der Waals surface area contributed by atoms with Gasteiger partial charge in [0.2, 0.25) is 0 Å². The zero-order valence-electron chi connectivity index (χ0n) is 52.4. The molecule has 0 saturated carbocycles. The van der Waals surface area contributed by atoms with E-state index in [1.54, 1.807) is 0 Å². The molecule has 1 atom stereocenters. The minimum absolute atomic E-state index is 0.0792. The van der Waals surface area contributed by atoms with Gasteiger partial charge in [0.1, 0.15) is 13.2 Å². The Hall–Kier alpha value is -3.41. The summed E-state index contributed by atoms with van der Waals surface area (Å²) in [7, 11) is 0. The van der Waals surface area contributed by atoms with E-state index in [0.29, 0.717) is 19.3 Å². The summed E-state index contributed by atoms with van der Waals surface area (Å²) in [4.78, 5) is 38.4. The van der Waals surface area contributed by atoms with E-state index < -0.39 is 6.10 Å². The smallest absolute Gasteiger partial charge is 0.306 e. The number of hydrogen-bond acceptors (Lipinski definition) is 6. The van der Waals surface area contributed by atoms with Crippen molar-refractivity contribution in [1.29, 1.82) is 0 Å². The molecule has 0 rings (SSSR count). The highest BCUT2D eigenvalue weighted by Crippen LogP contribution is 2.17. The van der Waals surface area contributed by atoms with Crippen LogP contribution in [0, 0.1) is 0 Å². The lowest BCUT2D eigenvalue weighted by Crippen LogP contribution is -2.30. The van der Waals surface area contributed by atoms with Crippen molar-refractivity contribution in [1.82, 2.24) is 0 Å². The maximum absolute atomic E-state index is 12.9. The number of esters is 3. The molecule has 6 heteroatoms. The molecule has 0 amide bonds. The van der Waals surface area contributed by atoms with E-state index in [2.05, 4.69) is 106 Å². The quantitative estimate of drug-likeness (QED) is 0.0261. The molecule has 0 N–H and O–H groups in total. The predicted molar refractivity (Wildman–Crippen MR) is 344 cm³/mol. The first kappa shape index (κ1) is 75.6. The van der Waals surface area contributed by atoms with Gasteiger partial charge < -0.3 is 14.2 Å². The SMILES string of the molecule is CC/C=C\C/C=C\C/C=C\C/C=C\C/C=C\CCCCCCCCCCCC(=O)OCC(COC(=O)CCCCCCCCC/C=C\CCCCCCCC)OC(=O)CCCCCCCCCCC/C=C\CCCCCCCC. The number of hydrogen-bond donors (Lipinski definition) is 0. The molecular weight excluding hydrogens is 973 g/mol. The first-order chi connectivity index (χ1) is 39.0. The van der Waals surface area contributed by atoms with Crippen molar-refractivity contribution in [2.45, 2.75) is 348 Å². The van der Waals surface area contributed by atoms with Crippen LogP contribution in [0.4, 0.5) is 0 Å². The standard InChI is InChI=1S/C73H128O6/c1-4-7-10-13-16-19-22-25-28-31-33-34-35-36-37-38-40-42-45-48-51-54-57-60-63-66-72(75)78-69-70(68-77-71(74)65-62-59-56-53-50-47-44-41-30-27-24-21-18-15-12-9-6-3)79-73(76)67-64-61-58-55-52-49-46-43-39-32-29-26-23-20-17-14-11-8-5-2/h7,10,16,19,25-30,33-34,36-37,70H,4-6,8-9,11-15,17-18,20-24,31-32,35,38-69H2,1-3H3/b10-7-,19-16-,28-25-,29-26-,30-27-,34-33-,37-36-. The minimum Gasteiger partial charge on any atom is -0.462 e. The van der Waals surface area contributed by atoms with Crippen molar-refractivity contribution >= 4 is 17.9 Å². The molecule has 456 valence electrons. The van der Waals surface area contributed by atoms with Gasteiger partial charge in [-0.25, -0.2) is 0 Å². The lowest BCUT2D eigenvalue weighted by molar-refractivity contribution is -0.167. The number of unbranched alkanes of at least 4 members (excludes halogenated alkanes) is 37. The number of allylic oxidation sites excluding steroid dienone is 14. The van der Waals surface area contributed by atoms with Gasteiger partial charge in [-0.15, -0.1) is 0 Å².